The summed E-state index contributed by atoms with van der Waals surface area (Å²) >= 11 is 0. The van der Waals surface area contributed by atoms with Gasteiger partial charge in [-0.1, -0.05) is 12.1 Å². The summed E-state index contributed by atoms with van der Waals surface area (Å²) in [6.07, 6.45) is 0. The highest BCUT2D eigenvalue weighted by atomic mass is 19.1. The number of methoxy groups -OCH3 is 1. The van der Waals surface area contributed by atoms with Crippen LogP contribution in [0.3, 0.4) is 0 Å². The maximum Gasteiger partial charge on any atom is 0.214 e. The molecule has 2 heterocycles. The first-order chi connectivity index (χ1) is 15.1. The molecule has 0 bridgehead atoms. The van der Waals surface area contributed by atoms with Crippen molar-refractivity contribution >= 4 is 5.69 Å². The van der Waals surface area contributed by atoms with E-state index >= 15 is 0 Å². The van der Waals surface area contributed by atoms with E-state index in [1.807, 2.05) is 16.8 Å². The molecule has 4 rings (SSSR count). The number of anilines is 1. The Morgan fingerprint density at radius 1 is 1.10 bits per heavy atom. The van der Waals surface area contributed by atoms with E-state index in [-0.39, 0.29) is 11.9 Å². The molecule has 3 aromatic rings. The van der Waals surface area contributed by atoms with Crippen molar-refractivity contribution in [2.45, 2.75) is 26.4 Å². The van der Waals surface area contributed by atoms with Crippen molar-refractivity contribution in [1.29, 1.82) is 0 Å². The van der Waals surface area contributed by atoms with E-state index in [0.29, 0.717) is 13.2 Å². The van der Waals surface area contributed by atoms with Gasteiger partial charge in [0.15, 0.2) is 6.04 Å². The summed E-state index contributed by atoms with van der Waals surface area (Å²) in [7, 11) is 1.67. The van der Waals surface area contributed by atoms with Crippen LogP contribution >= 0.6 is 0 Å². The number of piperazine rings is 1. The van der Waals surface area contributed by atoms with Gasteiger partial charge in [0.2, 0.25) is 5.82 Å². The smallest absolute Gasteiger partial charge is 0.214 e. The standard InChI is InChI=1S/C23H29FN6O/c1-17-5-4-6-21(18(17)2)28-11-13-29(14-12-28)22(19-7-9-20(24)10-8-19)23-25-26-27-30(23)15-16-31-3/h4-10,22H,11-16H2,1-3H3/p+1/t22-/m0/s1. The molecule has 8 heteroatoms. The largest absolute Gasteiger partial charge is 0.383 e. The van der Waals surface area contributed by atoms with E-state index in [1.165, 1.54) is 33.8 Å². The average Bonchev–Trinajstić information content (AvgIpc) is 3.24. The number of hydrogen-bond acceptors (Lipinski definition) is 5. The third kappa shape index (κ3) is 4.60. The fourth-order valence-corrected chi connectivity index (χ4v) is 4.38. The van der Waals surface area contributed by atoms with Crippen molar-refractivity contribution in [3.63, 3.8) is 0 Å². The Morgan fingerprint density at radius 3 is 2.55 bits per heavy atom. The molecule has 0 saturated carbocycles. The van der Waals surface area contributed by atoms with E-state index in [2.05, 4.69) is 52.5 Å². The van der Waals surface area contributed by atoms with Gasteiger partial charge < -0.3 is 14.5 Å². The van der Waals surface area contributed by atoms with Crippen molar-refractivity contribution in [1.82, 2.24) is 20.2 Å². The van der Waals surface area contributed by atoms with Crippen LogP contribution in [0.2, 0.25) is 0 Å². The Hall–Kier alpha value is -2.84. The van der Waals surface area contributed by atoms with Crippen LogP contribution in [0.5, 0.6) is 0 Å². The lowest BCUT2D eigenvalue weighted by molar-refractivity contribution is -0.927. The van der Waals surface area contributed by atoms with Crippen LogP contribution in [0.4, 0.5) is 10.1 Å². The van der Waals surface area contributed by atoms with Gasteiger partial charge in [-0.25, -0.2) is 9.07 Å². The van der Waals surface area contributed by atoms with Crippen molar-refractivity contribution < 1.29 is 14.0 Å². The molecule has 2 aromatic carbocycles. The number of halogens is 1. The number of aryl methyl sites for hydroxylation is 1. The van der Waals surface area contributed by atoms with E-state index in [9.17, 15) is 4.39 Å². The third-order valence-corrected chi connectivity index (χ3v) is 6.26. The molecule has 1 aliphatic rings. The zero-order valence-electron chi connectivity index (χ0n) is 18.4. The van der Waals surface area contributed by atoms with E-state index in [0.717, 1.165) is 37.6 Å². The first-order valence-corrected chi connectivity index (χ1v) is 10.7. The van der Waals surface area contributed by atoms with Gasteiger partial charge in [-0.05, 0) is 65.7 Å². The molecule has 164 valence electrons. The fourth-order valence-electron chi connectivity index (χ4n) is 4.38. The topological polar surface area (TPSA) is 60.5 Å². The molecule has 1 fully saturated rings. The quantitative estimate of drug-likeness (QED) is 0.623. The molecule has 1 atom stereocenters. The molecule has 0 amide bonds. The number of benzene rings is 2. The number of rotatable bonds is 7. The second-order valence-corrected chi connectivity index (χ2v) is 8.10. The molecule has 0 spiro atoms. The summed E-state index contributed by atoms with van der Waals surface area (Å²) in [5.74, 6) is 0.551. The maximum absolute atomic E-state index is 13.6. The Balaban J connectivity index is 1.59. The van der Waals surface area contributed by atoms with Crippen LogP contribution in [0.15, 0.2) is 42.5 Å². The zero-order chi connectivity index (χ0) is 21.8. The van der Waals surface area contributed by atoms with Gasteiger partial charge in [0, 0.05) is 18.4 Å². The molecule has 1 saturated heterocycles. The number of tetrazole rings is 1. The van der Waals surface area contributed by atoms with Gasteiger partial charge in [0.1, 0.15) is 5.82 Å². The van der Waals surface area contributed by atoms with Gasteiger partial charge in [0.05, 0.1) is 39.3 Å². The Kier molecular flexibility index (Phi) is 6.58. The highest BCUT2D eigenvalue weighted by molar-refractivity contribution is 5.56. The van der Waals surface area contributed by atoms with E-state index in [4.69, 9.17) is 4.74 Å². The SMILES string of the molecule is COCCn1nnnc1[C@H](c1ccc(F)cc1)[NH+]1CCN(c2cccc(C)c2C)CC1. The first-order valence-electron chi connectivity index (χ1n) is 10.7. The summed E-state index contributed by atoms with van der Waals surface area (Å²) in [6.45, 7) is 9.22. The average molecular weight is 426 g/mol. The Labute approximate surface area is 182 Å². The molecular formula is C23H30FN6O+. The van der Waals surface area contributed by atoms with Crippen LogP contribution in [-0.4, -0.2) is 60.1 Å². The molecule has 1 aromatic heterocycles. The molecular weight excluding hydrogens is 395 g/mol. The molecule has 1 N–H and O–H groups in total. The predicted octanol–water partition coefficient (Wildman–Crippen LogP) is 1.57. The molecule has 0 aliphatic carbocycles. The number of quaternary nitrogens is 1. The lowest BCUT2D eigenvalue weighted by atomic mass is 10.0. The second-order valence-electron chi connectivity index (χ2n) is 8.10. The zero-order valence-corrected chi connectivity index (χ0v) is 18.4. The first kappa shape index (κ1) is 21.4. The molecule has 31 heavy (non-hydrogen) atoms. The summed E-state index contributed by atoms with van der Waals surface area (Å²) < 4.78 is 20.6. The molecule has 1 aliphatic heterocycles. The molecule has 0 unspecified atom stereocenters. The number of nitrogens with one attached hydrogen (secondary N) is 1. The van der Waals surface area contributed by atoms with Crippen LogP contribution in [-0.2, 0) is 11.3 Å². The van der Waals surface area contributed by atoms with Crippen molar-refractivity contribution in [3.05, 3.63) is 70.8 Å². The third-order valence-electron chi connectivity index (χ3n) is 6.26. The summed E-state index contributed by atoms with van der Waals surface area (Å²) in [4.78, 5) is 3.84. The van der Waals surface area contributed by atoms with Crippen LogP contribution < -0.4 is 9.80 Å². The van der Waals surface area contributed by atoms with Crippen molar-refractivity contribution in [2.24, 2.45) is 0 Å². The minimum Gasteiger partial charge on any atom is -0.383 e. The number of aromatic nitrogens is 4. The van der Waals surface area contributed by atoms with Crippen molar-refractivity contribution in [2.75, 3.05) is 44.8 Å². The minimum atomic E-state index is -0.240. The Bertz CT molecular complexity index is 998. The lowest BCUT2D eigenvalue weighted by Gasteiger charge is -2.38. The number of hydrogen-bond donors (Lipinski definition) is 1. The van der Waals surface area contributed by atoms with Crippen LogP contribution in [0, 0.1) is 19.7 Å². The molecule has 7 nitrogen and oxygen atoms in total. The predicted molar refractivity (Wildman–Crippen MR) is 117 cm³/mol. The number of ether oxygens (including phenoxy) is 1. The summed E-state index contributed by atoms with van der Waals surface area (Å²) in [5.41, 5.74) is 4.98. The number of nitrogens with zero attached hydrogens (tertiary/aromatic N) is 5. The monoisotopic (exact) mass is 425 g/mol. The van der Waals surface area contributed by atoms with E-state index < -0.39 is 0 Å². The summed E-state index contributed by atoms with van der Waals surface area (Å²) in [6, 6.07) is 13.1. The highest BCUT2D eigenvalue weighted by Crippen LogP contribution is 2.23. The van der Waals surface area contributed by atoms with Gasteiger partial charge in [-0.2, -0.15) is 0 Å². The van der Waals surface area contributed by atoms with Gasteiger partial charge >= 0.3 is 0 Å². The van der Waals surface area contributed by atoms with Crippen LogP contribution in [0.1, 0.15) is 28.6 Å². The lowest BCUT2D eigenvalue weighted by Crippen LogP contribution is -3.15. The fraction of sp³-hybridized carbons (Fsp3) is 0.435. The normalized spacial score (nSPS) is 15.9. The minimum absolute atomic E-state index is 0.0618. The second kappa shape index (κ2) is 9.53. The maximum atomic E-state index is 13.6. The van der Waals surface area contributed by atoms with Crippen molar-refractivity contribution in [3.8, 4) is 0 Å². The Morgan fingerprint density at radius 2 is 1.84 bits per heavy atom. The van der Waals surface area contributed by atoms with Gasteiger partial charge in [-0.15, -0.1) is 5.10 Å². The van der Waals surface area contributed by atoms with Gasteiger partial charge in [-0.3, -0.25) is 0 Å². The highest BCUT2D eigenvalue weighted by Gasteiger charge is 2.34. The van der Waals surface area contributed by atoms with Crippen LogP contribution in [0.25, 0.3) is 0 Å². The van der Waals surface area contributed by atoms with Gasteiger partial charge in [0.25, 0.3) is 0 Å². The summed E-state index contributed by atoms with van der Waals surface area (Å²) in [5, 5.41) is 12.5. The molecule has 0 radical (unpaired) electrons. The van der Waals surface area contributed by atoms with E-state index in [1.54, 1.807) is 7.11 Å².